The zero-order valence-corrected chi connectivity index (χ0v) is 12.8. The monoisotopic (exact) mass is 294 g/mol. The molecule has 0 amide bonds. The predicted molar refractivity (Wildman–Crippen MR) is 88.9 cm³/mol. The molecule has 22 heavy (non-hydrogen) atoms. The quantitative estimate of drug-likeness (QED) is 0.882. The Morgan fingerprint density at radius 1 is 1.36 bits per heavy atom. The summed E-state index contributed by atoms with van der Waals surface area (Å²) in [5, 5.41) is 10.9. The Hall–Kier alpha value is -1.87. The van der Waals surface area contributed by atoms with E-state index in [0.29, 0.717) is 17.7 Å². The second kappa shape index (κ2) is 5.40. The predicted octanol–water partition coefficient (Wildman–Crippen LogP) is 3.38. The first-order valence-corrected chi connectivity index (χ1v) is 8.18. The van der Waals surface area contributed by atoms with E-state index < -0.39 is 0 Å². The van der Waals surface area contributed by atoms with Gasteiger partial charge in [-0.15, -0.1) is 6.58 Å². The number of aromatic nitrogens is 1. The minimum atomic E-state index is 0.318. The topological polar surface area (TPSA) is 36.4 Å². The first kappa shape index (κ1) is 13.8. The van der Waals surface area contributed by atoms with Crippen LogP contribution in [0.1, 0.15) is 18.4 Å². The lowest BCUT2D eigenvalue weighted by Gasteiger charge is -2.49. The van der Waals surface area contributed by atoms with Crippen LogP contribution in [0.4, 0.5) is 0 Å². The molecule has 3 fully saturated rings. The van der Waals surface area contributed by atoms with Gasteiger partial charge in [0.2, 0.25) is 0 Å². The van der Waals surface area contributed by atoms with Crippen LogP contribution >= 0.6 is 0 Å². The summed E-state index contributed by atoms with van der Waals surface area (Å²) in [6.45, 7) is 6.38. The molecule has 1 unspecified atom stereocenters. The maximum Gasteiger partial charge on any atom is 0.116 e. The standard InChI is InChI=1S/C19H22N2O/c1-2-13-12-21-8-6-14(13)9-16(21)10-15-5-7-20-19-4-3-17(22)11-18(15)19/h2-5,7,11,13-14,16,22H,1,6,8-10,12H2/t13-,14-,16-/m0/s1. The zero-order chi connectivity index (χ0) is 15.1. The molecule has 3 aliphatic heterocycles. The van der Waals surface area contributed by atoms with E-state index >= 15 is 0 Å². The molecule has 114 valence electrons. The van der Waals surface area contributed by atoms with Gasteiger partial charge in [0.1, 0.15) is 5.75 Å². The van der Waals surface area contributed by atoms with Crippen LogP contribution in [-0.4, -0.2) is 34.1 Å². The van der Waals surface area contributed by atoms with Gasteiger partial charge in [-0.2, -0.15) is 0 Å². The van der Waals surface area contributed by atoms with Crippen molar-refractivity contribution in [1.82, 2.24) is 9.88 Å². The van der Waals surface area contributed by atoms with E-state index in [4.69, 9.17) is 0 Å². The van der Waals surface area contributed by atoms with Crippen molar-refractivity contribution in [2.75, 3.05) is 13.1 Å². The molecule has 3 saturated heterocycles. The number of phenols is 1. The largest absolute Gasteiger partial charge is 0.508 e. The molecule has 0 radical (unpaired) electrons. The second-order valence-corrected chi connectivity index (χ2v) is 6.71. The van der Waals surface area contributed by atoms with E-state index in [9.17, 15) is 5.11 Å². The fourth-order valence-electron chi connectivity index (χ4n) is 4.28. The third kappa shape index (κ3) is 2.30. The van der Waals surface area contributed by atoms with Crippen molar-refractivity contribution in [3.05, 3.63) is 48.7 Å². The average molecular weight is 294 g/mol. The normalized spacial score (nSPS) is 30.5. The SMILES string of the molecule is C=C[C@H]1CN2CC[C@H]1C[C@H]2Cc1ccnc2ccc(O)cc12. The summed E-state index contributed by atoms with van der Waals surface area (Å²) < 4.78 is 0. The molecule has 4 heterocycles. The highest BCUT2D eigenvalue weighted by molar-refractivity contribution is 5.83. The number of fused-ring (bicyclic) bond motifs is 4. The number of hydrogen-bond acceptors (Lipinski definition) is 3. The summed E-state index contributed by atoms with van der Waals surface area (Å²) in [6.07, 6.45) is 7.65. The van der Waals surface area contributed by atoms with Gasteiger partial charge in [0.25, 0.3) is 0 Å². The number of phenolic OH excluding ortho intramolecular Hbond substituents is 1. The lowest BCUT2D eigenvalue weighted by atomic mass is 9.74. The van der Waals surface area contributed by atoms with Crippen LogP contribution in [0.5, 0.6) is 5.75 Å². The Labute approximate surface area is 131 Å². The summed E-state index contributed by atoms with van der Waals surface area (Å²) in [7, 11) is 0. The van der Waals surface area contributed by atoms with Gasteiger partial charge in [-0.25, -0.2) is 0 Å². The third-order valence-electron chi connectivity index (χ3n) is 5.50. The van der Waals surface area contributed by atoms with Crippen molar-refractivity contribution in [3.8, 4) is 5.75 Å². The Morgan fingerprint density at radius 2 is 2.27 bits per heavy atom. The molecule has 4 atom stereocenters. The highest BCUT2D eigenvalue weighted by Gasteiger charge is 2.38. The molecule has 1 aromatic heterocycles. The van der Waals surface area contributed by atoms with Gasteiger partial charge in [-0.3, -0.25) is 9.88 Å². The average Bonchev–Trinajstić information content (AvgIpc) is 2.56. The van der Waals surface area contributed by atoms with Gasteiger partial charge in [-0.05, 0) is 67.5 Å². The molecule has 3 aliphatic rings. The number of aromatic hydroxyl groups is 1. The van der Waals surface area contributed by atoms with E-state index in [1.807, 2.05) is 18.3 Å². The van der Waals surface area contributed by atoms with Crippen molar-refractivity contribution in [3.63, 3.8) is 0 Å². The van der Waals surface area contributed by atoms with Crippen molar-refractivity contribution in [1.29, 1.82) is 0 Å². The van der Waals surface area contributed by atoms with Crippen molar-refractivity contribution >= 4 is 10.9 Å². The molecule has 5 rings (SSSR count). The fourth-order valence-corrected chi connectivity index (χ4v) is 4.28. The summed E-state index contributed by atoms with van der Waals surface area (Å²) in [5.41, 5.74) is 2.27. The fraction of sp³-hybridized carbons (Fsp3) is 0.421. The number of hydrogen-bond donors (Lipinski definition) is 1. The number of piperidine rings is 3. The molecule has 0 saturated carbocycles. The maximum atomic E-state index is 9.78. The lowest BCUT2D eigenvalue weighted by molar-refractivity contribution is 0.0196. The molecule has 0 spiro atoms. The van der Waals surface area contributed by atoms with Crippen LogP contribution in [0, 0.1) is 11.8 Å². The van der Waals surface area contributed by atoms with E-state index in [1.165, 1.54) is 24.9 Å². The minimum Gasteiger partial charge on any atom is -0.508 e. The second-order valence-electron chi connectivity index (χ2n) is 6.71. The molecular formula is C19H22N2O. The Bertz CT molecular complexity index is 712. The highest BCUT2D eigenvalue weighted by Crippen LogP contribution is 2.38. The highest BCUT2D eigenvalue weighted by atomic mass is 16.3. The van der Waals surface area contributed by atoms with Crippen molar-refractivity contribution < 1.29 is 5.11 Å². The number of benzene rings is 1. The Morgan fingerprint density at radius 3 is 3.05 bits per heavy atom. The van der Waals surface area contributed by atoms with Gasteiger partial charge in [-0.1, -0.05) is 6.08 Å². The molecule has 2 bridgehead atoms. The molecule has 3 nitrogen and oxygen atoms in total. The van der Waals surface area contributed by atoms with E-state index in [1.54, 1.807) is 6.07 Å². The van der Waals surface area contributed by atoms with Crippen LogP contribution < -0.4 is 0 Å². The van der Waals surface area contributed by atoms with E-state index in [2.05, 4.69) is 28.6 Å². The number of rotatable bonds is 3. The first-order valence-electron chi connectivity index (χ1n) is 8.18. The van der Waals surface area contributed by atoms with Gasteiger partial charge < -0.3 is 5.11 Å². The Balaban J connectivity index is 1.62. The molecular weight excluding hydrogens is 272 g/mol. The summed E-state index contributed by atoms with van der Waals surface area (Å²) in [4.78, 5) is 7.04. The number of nitrogens with zero attached hydrogens (tertiary/aromatic N) is 2. The van der Waals surface area contributed by atoms with Crippen LogP contribution in [0.15, 0.2) is 43.1 Å². The smallest absolute Gasteiger partial charge is 0.116 e. The van der Waals surface area contributed by atoms with Crippen LogP contribution in [-0.2, 0) is 6.42 Å². The molecule has 2 aromatic rings. The zero-order valence-electron chi connectivity index (χ0n) is 12.8. The lowest BCUT2D eigenvalue weighted by Crippen LogP contribution is -2.53. The minimum absolute atomic E-state index is 0.318. The van der Waals surface area contributed by atoms with E-state index in [0.717, 1.165) is 29.8 Å². The summed E-state index contributed by atoms with van der Waals surface area (Å²) in [6, 6.07) is 8.18. The first-order chi connectivity index (χ1) is 10.7. The maximum absolute atomic E-state index is 9.78. The Kier molecular flexibility index (Phi) is 3.38. The molecule has 3 heteroatoms. The van der Waals surface area contributed by atoms with Crippen LogP contribution in [0.2, 0.25) is 0 Å². The van der Waals surface area contributed by atoms with Crippen molar-refractivity contribution in [2.45, 2.75) is 25.3 Å². The van der Waals surface area contributed by atoms with E-state index in [-0.39, 0.29) is 0 Å². The van der Waals surface area contributed by atoms with Gasteiger partial charge in [0, 0.05) is 24.2 Å². The van der Waals surface area contributed by atoms with Crippen LogP contribution in [0.25, 0.3) is 10.9 Å². The molecule has 1 N–H and O–H groups in total. The van der Waals surface area contributed by atoms with Crippen LogP contribution in [0.3, 0.4) is 0 Å². The molecule has 1 aromatic carbocycles. The van der Waals surface area contributed by atoms with Gasteiger partial charge in [0.15, 0.2) is 0 Å². The third-order valence-corrected chi connectivity index (χ3v) is 5.50. The summed E-state index contributed by atoms with van der Waals surface area (Å²) in [5.74, 6) is 1.79. The van der Waals surface area contributed by atoms with Crippen molar-refractivity contribution in [2.24, 2.45) is 11.8 Å². The van der Waals surface area contributed by atoms with Gasteiger partial charge >= 0.3 is 0 Å². The molecule has 0 aliphatic carbocycles. The van der Waals surface area contributed by atoms with Gasteiger partial charge in [0.05, 0.1) is 5.52 Å². The summed E-state index contributed by atoms with van der Waals surface area (Å²) >= 11 is 0. The number of pyridine rings is 1.